The zero-order valence-electron chi connectivity index (χ0n) is 13.5. The maximum atomic E-state index is 12.5. The molecule has 3 aliphatic rings. The molecule has 0 radical (unpaired) electrons. The Labute approximate surface area is 132 Å². The van der Waals surface area contributed by atoms with Gasteiger partial charge in [-0.1, -0.05) is 30.2 Å². The summed E-state index contributed by atoms with van der Waals surface area (Å²) in [5, 5.41) is 3.30. The van der Waals surface area contributed by atoms with Gasteiger partial charge in [0.2, 0.25) is 5.91 Å². The van der Waals surface area contributed by atoms with Crippen LogP contribution in [-0.2, 0) is 17.8 Å². The predicted molar refractivity (Wildman–Crippen MR) is 87.4 cm³/mol. The van der Waals surface area contributed by atoms with E-state index < -0.39 is 0 Å². The van der Waals surface area contributed by atoms with E-state index in [4.69, 9.17) is 0 Å². The molecule has 1 saturated carbocycles. The van der Waals surface area contributed by atoms with Gasteiger partial charge in [-0.2, -0.15) is 0 Å². The fourth-order valence-corrected chi connectivity index (χ4v) is 4.50. The Kier molecular flexibility index (Phi) is 3.33. The van der Waals surface area contributed by atoms with Crippen molar-refractivity contribution in [2.75, 3.05) is 14.1 Å². The highest BCUT2D eigenvalue weighted by Gasteiger charge is 2.41. The summed E-state index contributed by atoms with van der Waals surface area (Å²) < 4.78 is 0. The van der Waals surface area contributed by atoms with Crippen LogP contribution in [0, 0.1) is 5.92 Å². The molecule has 1 N–H and O–H groups in total. The highest BCUT2D eigenvalue weighted by Crippen LogP contribution is 2.46. The van der Waals surface area contributed by atoms with Gasteiger partial charge in [0.1, 0.15) is 0 Å². The smallest absolute Gasteiger partial charge is 0.227 e. The lowest BCUT2D eigenvalue weighted by Crippen LogP contribution is -2.41. The molecule has 3 nitrogen and oxygen atoms in total. The van der Waals surface area contributed by atoms with Gasteiger partial charge in [-0.3, -0.25) is 4.79 Å². The van der Waals surface area contributed by atoms with Crippen molar-refractivity contribution in [3.63, 3.8) is 0 Å². The Bertz CT molecular complexity index is 659. The summed E-state index contributed by atoms with van der Waals surface area (Å²) in [5.74, 6) is 0.418. The van der Waals surface area contributed by atoms with Crippen LogP contribution in [-0.4, -0.2) is 24.9 Å². The first-order valence-electron chi connectivity index (χ1n) is 8.42. The Balaban J connectivity index is 1.79. The van der Waals surface area contributed by atoms with Crippen molar-refractivity contribution in [2.45, 2.75) is 44.7 Å². The fraction of sp³-hybridized carbons (Fsp3) is 0.526. The standard InChI is InChI=1S/C19H24N2O/c1-21(2)11-12-6-5-9-14-16(12)10-17-13-7-3-4-8-15(13)19(22)20-18(14)17/h5-6,9,15,18H,3-4,7-8,10-11H2,1-2H3,(H,20,22). The van der Waals surface area contributed by atoms with Crippen LogP contribution in [0.25, 0.3) is 0 Å². The van der Waals surface area contributed by atoms with E-state index in [2.05, 4.69) is 42.5 Å². The Morgan fingerprint density at radius 1 is 1.23 bits per heavy atom. The number of hydrogen-bond donors (Lipinski definition) is 1. The van der Waals surface area contributed by atoms with Crippen molar-refractivity contribution in [2.24, 2.45) is 5.92 Å². The molecule has 1 amide bonds. The van der Waals surface area contributed by atoms with E-state index >= 15 is 0 Å². The molecule has 1 aromatic rings. The van der Waals surface area contributed by atoms with Crippen molar-refractivity contribution >= 4 is 5.91 Å². The Morgan fingerprint density at radius 3 is 2.91 bits per heavy atom. The number of benzene rings is 1. The second kappa shape index (κ2) is 5.24. The monoisotopic (exact) mass is 296 g/mol. The van der Waals surface area contributed by atoms with Crippen molar-refractivity contribution in [3.8, 4) is 0 Å². The third-order valence-corrected chi connectivity index (χ3v) is 5.45. The van der Waals surface area contributed by atoms with Crippen molar-refractivity contribution in [3.05, 3.63) is 46.0 Å². The first kappa shape index (κ1) is 14.0. The molecule has 1 aromatic carbocycles. The summed E-state index contributed by atoms with van der Waals surface area (Å²) in [6.45, 7) is 0.968. The third-order valence-electron chi connectivity index (χ3n) is 5.45. The van der Waals surface area contributed by atoms with Crippen LogP contribution in [0.15, 0.2) is 29.3 Å². The lowest BCUT2D eigenvalue weighted by atomic mass is 9.77. The first-order chi connectivity index (χ1) is 10.6. The molecule has 0 spiro atoms. The highest BCUT2D eigenvalue weighted by molar-refractivity contribution is 5.85. The van der Waals surface area contributed by atoms with Gasteiger partial charge in [0, 0.05) is 6.54 Å². The molecule has 116 valence electrons. The van der Waals surface area contributed by atoms with E-state index in [1.807, 2.05) is 0 Å². The first-order valence-corrected chi connectivity index (χ1v) is 8.42. The van der Waals surface area contributed by atoms with E-state index in [0.29, 0.717) is 0 Å². The van der Waals surface area contributed by atoms with Gasteiger partial charge in [-0.15, -0.1) is 0 Å². The number of nitrogens with one attached hydrogen (secondary N) is 1. The molecular formula is C19H24N2O. The van der Waals surface area contributed by atoms with E-state index in [1.54, 1.807) is 0 Å². The maximum Gasteiger partial charge on any atom is 0.227 e. The van der Waals surface area contributed by atoms with Crippen LogP contribution in [0.1, 0.15) is 48.4 Å². The lowest BCUT2D eigenvalue weighted by Gasteiger charge is -2.34. The minimum Gasteiger partial charge on any atom is -0.345 e. The average Bonchev–Trinajstić information content (AvgIpc) is 2.87. The minimum absolute atomic E-state index is 0.147. The number of carbonyl (C=O) groups is 1. The van der Waals surface area contributed by atoms with E-state index in [9.17, 15) is 4.79 Å². The Hall–Kier alpha value is -1.61. The Morgan fingerprint density at radius 2 is 2.09 bits per heavy atom. The number of hydrogen-bond acceptors (Lipinski definition) is 2. The number of amides is 1. The summed E-state index contributed by atoms with van der Waals surface area (Å²) in [4.78, 5) is 14.7. The topological polar surface area (TPSA) is 32.3 Å². The van der Waals surface area contributed by atoms with Gasteiger partial charge in [0.15, 0.2) is 0 Å². The van der Waals surface area contributed by atoms with E-state index in [1.165, 1.54) is 40.7 Å². The summed E-state index contributed by atoms with van der Waals surface area (Å²) in [6.07, 6.45) is 5.64. The van der Waals surface area contributed by atoms with Crippen molar-refractivity contribution < 1.29 is 4.79 Å². The van der Waals surface area contributed by atoms with Crippen LogP contribution in [0.3, 0.4) is 0 Å². The number of carbonyl (C=O) groups excluding carboxylic acids is 1. The van der Waals surface area contributed by atoms with E-state index in [-0.39, 0.29) is 17.9 Å². The molecule has 0 bridgehead atoms. The molecule has 2 unspecified atom stereocenters. The van der Waals surface area contributed by atoms with Crippen molar-refractivity contribution in [1.82, 2.24) is 10.2 Å². The number of rotatable bonds is 2. The second-order valence-electron chi connectivity index (χ2n) is 7.19. The zero-order valence-corrected chi connectivity index (χ0v) is 13.5. The van der Waals surface area contributed by atoms with Crippen LogP contribution >= 0.6 is 0 Å². The van der Waals surface area contributed by atoms with Gasteiger partial charge in [-0.05, 0) is 62.0 Å². The van der Waals surface area contributed by atoms with Gasteiger partial charge in [0.05, 0.1) is 12.0 Å². The quantitative estimate of drug-likeness (QED) is 0.851. The highest BCUT2D eigenvalue weighted by atomic mass is 16.2. The molecule has 3 heteroatoms. The lowest BCUT2D eigenvalue weighted by molar-refractivity contribution is -0.125. The number of nitrogens with zero attached hydrogens (tertiary/aromatic N) is 1. The molecule has 0 aromatic heterocycles. The van der Waals surface area contributed by atoms with E-state index in [0.717, 1.165) is 25.8 Å². The zero-order chi connectivity index (χ0) is 15.3. The molecule has 4 rings (SSSR count). The largest absolute Gasteiger partial charge is 0.345 e. The fourth-order valence-electron chi connectivity index (χ4n) is 4.50. The molecule has 0 saturated heterocycles. The van der Waals surface area contributed by atoms with Crippen LogP contribution < -0.4 is 5.32 Å². The van der Waals surface area contributed by atoms with Gasteiger partial charge in [-0.25, -0.2) is 0 Å². The molecule has 1 fully saturated rings. The number of fused-ring (bicyclic) bond motifs is 4. The van der Waals surface area contributed by atoms with Crippen LogP contribution in [0.5, 0.6) is 0 Å². The molecule has 1 aliphatic heterocycles. The summed E-state index contributed by atoms with van der Waals surface area (Å²) in [6, 6.07) is 6.73. The molecule has 2 aliphatic carbocycles. The normalized spacial score (nSPS) is 26.6. The maximum absolute atomic E-state index is 12.5. The molecule has 22 heavy (non-hydrogen) atoms. The molecule has 1 heterocycles. The van der Waals surface area contributed by atoms with Crippen molar-refractivity contribution in [1.29, 1.82) is 0 Å². The van der Waals surface area contributed by atoms with Gasteiger partial charge in [0.25, 0.3) is 0 Å². The minimum atomic E-state index is 0.147. The average molecular weight is 296 g/mol. The summed E-state index contributed by atoms with van der Waals surface area (Å²) >= 11 is 0. The molecule has 2 atom stereocenters. The SMILES string of the molecule is CN(C)Cc1cccc2c1CC1=C3CCCCC3C(=O)NC12. The second-order valence-corrected chi connectivity index (χ2v) is 7.19. The van der Waals surface area contributed by atoms with Gasteiger partial charge < -0.3 is 10.2 Å². The summed E-state index contributed by atoms with van der Waals surface area (Å²) in [7, 11) is 4.23. The predicted octanol–water partition coefficient (Wildman–Crippen LogP) is 2.96. The van der Waals surface area contributed by atoms with Crippen LogP contribution in [0.4, 0.5) is 0 Å². The van der Waals surface area contributed by atoms with Crippen LogP contribution in [0.2, 0.25) is 0 Å². The van der Waals surface area contributed by atoms with Gasteiger partial charge >= 0.3 is 0 Å². The summed E-state index contributed by atoms with van der Waals surface area (Å²) in [5.41, 5.74) is 7.17. The third kappa shape index (κ3) is 2.11. The molecular weight excluding hydrogens is 272 g/mol.